The second kappa shape index (κ2) is 9.09. The zero-order chi connectivity index (χ0) is 26.7. The molecule has 0 N–H and O–H groups in total. The minimum absolute atomic E-state index is 0.733. The van der Waals surface area contributed by atoms with Gasteiger partial charge in [0, 0.05) is 48.2 Å². The normalized spacial score (nSPS) is 12.5. The molecule has 5 aromatic carbocycles. The summed E-state index contributed by atoms with van der Waals surface area (Å²) in [4.78, 5) is 7.31. The molecule has 0 spiro atoms. The van der Waals surface area contributed by atoms with E-state index in [4.69, 9.17) is 4.98 Å². The molecule has 0 radical (unpaired) electrons. The van der Waals surface area contributed by atoms with Crippen molar-refractivity contribution >= 4 is 56.6 Å². The lowest BCUT2D eigenvalue weighted by atomic mass is 10.1. The Kier molecular flexibility index (Phi) is 5.34. The Morgan fingerprint density at radius 2 is 1.30 bits per heavy atom. The van der Waals surface area contributed by atoms with Crippen LogP contribution in [-0.2, 0) is 4.57 Å². The van der Waals surface area contributed by atoms with Gasteiger partial charge in [-0.25, -0.2) is 0 Å². The molecule has 0 amide bonds. The van der Waals surface area contributed by atoms with Crippen molar-refractivity contribution in [2.45, 2.75) is 9.79 Å². The lowest BCUT2D eigenvalue weighted by molar-refractivity contribution is 0.592. The number of fused-ring (bicyclic) bond motifs is 5. The van der Waals surface area contributed by atoms with Crippen molar-refractivity contribution in [3.8, 4) is 16.9 Å². The van der Waals surface area contributed by atoms with Gasteiger partial charge in [-0.05, 0) is 36.4 Å². The van der Waals surface area contributed by atoms with Crippen LogP contribution in [0.2, 0.25) is 0 Å². The van der Waals surface area contributed by atoms with Gasteiger partial charge in [0.25, 0.3) is 0 Å². The van der Waals surface area contributed by atoms with Crippen molar-refractivity contribution in [2.24, 2.45) is 0 Å². The van der Waals surface area contributed by atoms with Gasteiger partial charge >= 0.3 is 0 Å². The van der Waals surface area contributed by atoms with Crippen LogP contribution < -0.4 is 15.9 Å². The maximum absolute atomic E-state index is 14.7. The molecule has 3 heterocycles. The molecule has 0 saturated carbocycles. The van der Waals surface area contributed by atoms with E-state index in [-0.39, 0.29) is 0 Å². The molecule has 0 unspecified atom stereocenters. The molecule has 0 fully saturated rings. The number of aromatic nitrogens is 2. The first-order chi connectivity index (χ1) is 19.7. The second-order valence-corrected chi connectivity index (χ2v) is 13.8. The van der Waals surface area contributed by atoms with E-state index < -0.39 is 7.14 Å². The predicted molar refractivity (Wildman–Crippen MR) is 168 cm³/mol. The maximum atomic E-state index is 14.7. The topological polar surface area (TPSA) is 34.9 Å². The zero-order valence-electron chi connectivity index (χ0n) is 21.4. The SMILES string of the molecule is O=P(c1ccccc1)(c1ccccc1)c1ccc(-c2ccc3c(c2)Sc2cccc4c5ccccc5n-3c24)nc1. The van der Waals surface area contributed by atoms with E-state index in [0.29, 0.717) is 0 Å². The third kappa shape index (κ3) is 3.47. The minimum atomic E-state index is -3.05. The molecule has 1 aliphatic rings. The summed E-state index contributed by atoms with van der Waals surface area (Å²) >= 11 is 1.81. The Morgan fingerprint density at radius 1 is 0.600 bits per heavy atom. The Balaban J connectivity index is 1.23. The Labute approximate surface area is 236 Å². The second-order valence-electron chi connectivity index (χ2n) is 9.97. The standard InChI is InChI=1S/C35H23N2OPS/c38-39(25-10-3-1-4-11-25,26-12-5-2-6-13-26)27-19-20-30(36-23-27)24-18-21-32-34(22-24)40-33-17-9-15-29-28-14-7-8-16-31(28)37(32)35(29)33/h1-23H. The highest BCUT2D eigenvalue weighted by molar-refractivity contribution is 7.99. The molecule has 2 aromatic heterocycles. The first-order valence-electron chi connectivity index (χ1n) is 13.2. The third-order valence-electron chi connectivity index (χ3n) is 7.73. The van der Waals surface area contributed by atoms with Crippen molar-refractivity contribution < 1.29 is 4.57 Å². The summed E-state index contributed by atoms with van der Waals surface area (Å²) in [5.74, 6) is 0. The minimum Gasteiger partial charge on any atom is -0.309 e. The van der Waals surface area contributed by atoms with Gasteiger partial charge < -0.3 is 9.13 Å². The number of para-hydroxylation sites is 2. The Bertz CT molecular complexity index is 2060. The summed E-state index contributed by atoms with van der Waals surface area (Å²) in [7, 11) is -3.05. The van der Waals surface area contributed by atoms with Gasteiger partial charge in [0.05, 0.1) is 22.4 Å². The van der Waals surface area contributed by atoms with Crippen LogP contribution in [0.15, 0.2) is 149 Å². The maximum Gasteiger partial charge on any atom is 0.172 e. The number of nitrogens with zero attached hydrogens (tertiary/aromatic N) is 2. The highest BCUT2D eigenvalue weighted by atomic mass is 32.2. The van der Waals surface area contributed by atoms with Crippen molar-refractivity contribution in [1.82, 2.24) is 9.55 Å². The first kappa shape index (κ1) is 23.5. The van der Waals surface area contributed by atoms with Gasteiger partial charge in [0.1, 0.15) is 0 Å². The molecule has 0 saturated heterocycles. The number of hydrogen-bond acceptors (Lipinski definition) is 3. The van der Waals surface area contributed by atoms with E-state index in [1.165, 1.54) is 37.3 Å². The quantitative estimate of drug-likeness (QED) is 0.209. The van der Waals surface area contributed by atoms with Crippen molar-refractivity contribution in [3.63, 3.8) is 0 Å². The molecule has 5 heteroatoms. The molecule has 40 heavy (non-hydrogen) atoms. The third-order valence-corrected chi connectivity index (χ3v) is 11.9. The summed E-state index contributed by atoms with van der Waals surface area (Å²) < 4.78 is 17.1. The lowest BCUT2D eigenvalue weighted by Gasteiger charge is -2.21. The molecule has 7 aromatic rings. The fourth-order valence-electron chi connectivity index (χ4n) is 5.84. The fourth-order valence-corrected chi connectivity index (χ4v) is 9.56. The smallest absolute Gasteiger partial charge is 0.172 e. The molecule has 190 valence electrons. The molecular formula is C35H23N2OPS. The van der Waals surface area contributed by atoms with Crippen LogP contribution in [0.5, 0.6) is 0 Å². The first-order valence-corrected chi connectivity index (χ1v) is 15.8. The zero-order valence-corrected chi connectivity index (χ0v) is 23.1. The van der Waals surface area contributed by atoms with Gasteiger partial charge in [-0.1, -0.05) is 109 Å². The monoisotopic (exact) mass is 550 g/mol. The van der Waals surface area contributed by atoms with Gasteiger partial charge in [-0.15, -0.1) is 0 Å². The van der Waals surface area contributed by atoms with Crippen molar-refractivity contribution in [3.05, 3.63) is 140 Å². The number of benzene rings is 5. The van der Waals surface area contributed by atoms with Crippen molar-refractivity contribution in [2.75, 3.05) is 0 Å². The van der Waals surface area contributed by atoms with E-state index in [1.54, 1.807) is 6.20 Å². The van der Waals surface area contributed by atoms with Crippen molar-refractivity contribution in [1.29, 1.82) is 0 Å². The number of pyridine rings is 1. The highest BCUT2D eigenvalue weighted by Crippen LogP contribution is 2.47. The van der Waals surface area contributed by atoms with E-state index in [2.05, 4.69) is 65.2 Å². The van der Waals surface area contributed by atoms with Crippen LogP contribution in [0.3, 0.4) is 0 Å². The predicted octanol–water partition coefficient (Wildman–Crippen LogP) is 7.95. The molecule has 1 aliphatic heterocycles. The van der Waals surface area contributed by atoms with E-state index >= 15 is 0 Å². The molecule has 3 nitrogen and oxygen atoms in total. The Hall–Kier alpha value is -4.37. The number of hydrogen-bond donors (Lipinski definition) is 0. The van der Waals surface area contributed by atoms with E-state index in [1.807, 2.05) is 84.6 Å². The summed E-state index contributed by atoms with van der Waals surface area (Å²) in [6, 6.07) is 45.2. The van der Waals surface area contributed by atoms with E-state index in [0.717, 1.165) is 27.2 Å². The average molecular weight is 551 g/mol. The highest BCUT2D eigenvalue weighted by Gasteiger charge is 2.30. The number of rotatable bonds is 4. The van der Waals surface area contributed by atoms with Crippen LogP contribution in [0.4, 0.5) is 0 Å². The summed E-state index contributed by atoms with van der Waals surface area (Å²) in [6.45, 7) is 0. The van der Waals surface area contributed by atoms with Crippen LogP contribution in [0, 0.1) is 0 Å². The molecule has 0 atom stereocenters. The van der Waals surface area contributed by atoms with Gasteiger partial charge in [-0.2, -0.15) is 0 Å². The Morgan fingerprint density at radius 3 is 2.02 bits per heavy atom. The summed E-state index contributed by atoms with van der Waals surface area (Å²) in [6.07, 6.45) is 1.79. The van der Waals surface area contributed by atoms with Gasteiger partial charge in [-0.3, -0.25) is 4.98 Å². The van der Waals surface area contributed by atoms with Crippen LogP contribution >= 0.6 is 18.9 Å². The molecule has 0 aliphatic carbocycles. The van der Waals surface area contributed by atoms with Crippen LogP contribution in [-0.4, -0.2) is 9.55 Å². The van der Waals surface area contributed by atoms with Gasteiger partial charge in [0.15, 0.2) is 7.14 Å². The average Bonchev–Trinajstić information content (AvgIpc) is 3.37. The summed E-state index contributed by atoms with van der Waals surface area (Å²) in [5.41, 5.74) is 5.58. The van der Waals surface area contributed by atoms with Gasteiger partial charge in [0.2, 0.25) is 0 Å². The van der Waals surface area contributed by atoms with Crippen LogP contribution in [0.25, 0.3) is 38.8 Å². The molecule has 8 rings (SSSR count). The fraction of sp³-hybridized carbons (Fsp3) is 0. The summed E-state index contributed by atoms with van der Waals surface area (Å²) in [5, 5.41) is 4.91. The largest absolute Gasteiger partial charge is 0.309 e. The lowest BCUT2D eigenvalue weighted by Crippen LogP contribution is -2.25. The molecular weight excluding hydrogens is 527 g/mol. The van der Waals surface area contributed by atoms with Crippen LogP contribution in [0.1, 0.15) is 0 Å². The van der Waals surface area contributed by atoms with E-state index in [9.17, 15) is 4.57 Å². The molecule has 0 bridgehead atoms.